The maximum absolute atomic E-state index is 13.0. The Morgan fingerprint density at radius 1 is 1.23 bits per heavy atom. The van der Waals surface area contributed by atoms with Gasteiger partial charge in [-0.2, -0.15) is 4.68 Å². The van der Waals surface area contributed by atoms with Gasteiger partial charge in [-0.15, -0.1) is 16.4 Å². The highest BCUT2D eigenvalue weighted by molar-refractivity contribution is 7.25. The van der Waals surface area contributed by atoms with Crippen molar-refractivity contribution in [2.24, 2.45) is 0 Å². The number of hydrogen-bond donors (Lipinski definition) is 0. The minimum absolute atomic E-state index is 0.247. The van der Waals surface area contributed by atoms with Crippen molar-refractivity contribution in [1.29, 1.82) is 0 Å². The number of carbonyl (C=O) groups is 1. The van der Waals surface area contributed by atoms with Crippen LogP contribution in [0.15, 0.2) is 35.1 Å². The van der Waals surface area contributed by atoms with Gasteiger partial charge in [0, 0.05) is 11.1 Å². The molecule has 3 heterocycles. The molecule has 0 saturated carbocycles. The summed E-state index contributed by atoms with van der Waals surface area (Å²) in [6, 6.07) is 8.59. The van der Waals surface area contributed by atoms with E-state index in [9.17, 15) is 9.59 Å². The molecule has 0 fully saturated rings. The van der Waals surface area contributed by atoms with Crippen LogP contribution in [0.4, 0.5) is 0 Å². The fourth-order valence-electron chi connectivity index (χ4n) is 2.99. The second kappa shape index (κ2) is 5.99. The minimum Gasteiger partial charge on any atom is -0.465 e. The molecule has 0 saturated heterocycles. The molecule has 7 nitrogen and oxygen atoms in total. The molecule has 0 aliphatic heterocycles. The van der Waals surface area contributed by atoms with E-state index in [4.69, 9.17) is 4.74 Å². The van der Waals surface area contributed by atoms with E-state index in [0.29, 0.717) is 15.9 Å². The number of ether oxygens (including phenoxy) is 1. The third-order valence-corrected chi connectivity index (χ3v) is 5.18. The molecule has 0 unspecified atom stereocenters. The highest BCUT2D eigenvalue weighted by atomic mass is 32.1. The van der Waals surface area contributed by atoms with Crippen LogP contribution < -0.4 is 5.56 Å². The van der Waals surface area contributed by atoms with Crippen molar-refractivity contribution in [3.05, 3.63) is 57.5 Å². The number of esters is 1. The van der Waals surface area contributed by atoms with Gasteiger partial charge in [-0.05, 0) is 37.6 Å². The Hall–Kier alpha value is -3.13. The number of methoxy groups -OCH3 is 1. The Morgan fingerprint density at radius 3 is 2.77 bits per heavy atom. The van der Waals surface area contributed by atoms with Crippen molar-refractivity contribution in [2.45, 2.75) is 13.8 Å². The van der Waals surface area contributed by atoms with Crippen molar-refractivity contribution in [3.8, 4) is 5.69 Å². The molecular formula is C18H14N4O3S. The molecule has 3 aromatic heterocycles. The number of pyridine rings is 1. The molecule has 26 heavy (non-hydrogen) atoms. The van der Waals surface area contributed by atoms with Crippen LogP contribution in [0.5, 0.6) is 0 Å². The molecule has 8 heteroatoms. The van der Waals surface area contributed by atoms with E-state index in [1.165, 1.54) is 18.4 Å². The first kappa shape index (κ1) is 16.3. The number of nitrogens with zero attached hydrogens (tertiary/aromatic N) is 4. The van der Waals surface area contributed by atoms with Crippen molar-refractivity contribution in [3.63, 3.8) is 0 Å². The van der Waals surface area contributed by atoms with E-state index in [0.717, 1.165) is 26.2 Å². The molecule has 0 amide bonds. The van der Waals surface area contributed by atoms with Crippen LogP contribution in [0.1, 0.15) is 21.6 Å². The van der Waals surface area contributed by atoms with E-state index in [2.05, 4.69) is 15.3 Å². The van der Waals surface area contributed by atoms with E-state index >= 15 is 0 Å². The Morgan fingerprint density at radius 2 is 2.00 bits per heavy atom. The molecule has 4 aromatic rings. The summed E-state index contributed by atoms with van der Waals surface area (Å²) >= 11 is 1.28. The van der Waals surface area contributed by atoms with Crippen LogP contribution in [0.3, 0.4) is 0 Å². The first-order valence-electron chi connectivity index (χ1n) is 7.85. The number of thiophene rings is 1. The van der Waals surface area contributed by atoms with Crippen molar-refractivity contribution in [2.75, 3.05) is 7.11 Å². The Balaban J connectivity index is 2.04. The number of hydrogen-bond acceptors (Lipinski definition) is 7. The van der Waals surface area contributed by atoms with Gasteiger partial charge in [-0.1, -0.05) is 17.3 Å². The number of para-hydroxylation sites is 1. The van der Waals surface area contributed by atoms with Crippen LogP contribution in [0.25, 0.3) is 26.1 Å². The summed E-state index contributed by atoms with van der Waals surface area (Å²) in [4.78, 5) is 30.3. The molecular weight excluding hydrogens is 352 g/mol. The first-order chi connectivity index (χ1) is 12.5. The second-order valence-electron chi connectivity index (χ2n) is 5.86. The summed E-state index contributed by atoms with van der Waals surface area (Å²) in [6.07, 6.45) is 0. The van der Waals surface area contributed by atoms with Gasteiger partial charge in [0.2, 0.25) is 0 Å². The van der Waals surface area contributed by atoms with Crippen LogP contribution in [-0.2, 0) is 4.74 Å². The Bertz CT molecular complexity index is 1240. The van der Waals surface area contributed by atoms with Crippen LogP contribution in [0, 0.1) is 13.8 Å². The molecule has 0 N–H and O–H groups in total. The van der Waals surface area contributed by atoms with Crippen LogP contribution in [0.2, 0.25) is 0 Å². The lowest BCUT2D eigenvalue weighted by Gasteiger charge is -2.08. The smallest absolute Gasteiger partial charge is 0.340 e. The van der Waals surface area contributed by atoms with Gasteiger partial charge in [0.25, 0.3) is 5.56 Å². The zero-order chi connectivity index (χ0) is 18.4. The number of rotatable bonds is 2. The third-order valence-electron chi connectivity index (χ3n) is 4.12. The molecule has 0 aliphatic rings. The highest BCUT2D eigenvalue weighted by Gasteiger charge is 2.19. The fourth-order valence-corrected chi connectivity index (χ4v) is 4.14. The molecule has 0 radical (unpaired) electrons. The normalized spacial score (nSPS) is 11.2. The second-order valence-corrected chi connectivity index (χ2v) is 6.85. The zero-order valence-corrected chi connectivity index (χ0v) is 15.1. The number of aromatic nitrogens is 4. The average molecular weight is 366 g/mol. The molecule has 1 aromatic carbocycles. The van der Waals surface area contributed by atoms with Crippen LogP contribution >= 0.6 is 11.3 Å². The van der Waals surface area contributed by atoms with Gasteiger partial charge in [0.05, 0.1) is 18.4 Å². The number of benzene rings is 1. The third kappa shape index (κ3) is 2.38. The van der Waals surface area contributed by atoms with E-state index in [-0.39, 0.29) is 11.1 Å². The van der Waals surface area contributed by atoms with Crippen molar-refractivity contribution in [1.82, 2.24) is 20.0 Å². The van der Waals surface area contributed by atoms with Gasteiger partial charge in [-0.3, -0.25) is 4.79 Å². The standard InChI is InChI=1S/C18H14N4O3S/c1-9-8-10(2)19-16-13(9)14-15(26-16)17(23)22(21-20-14)12-7-5-4-6-11(12)18(24)25-3/h4-8H,1-3H3. The fraction of sp³-hybridized carbons (Fsp3) is 0.167. The maximum atomic E-state index is 13.0. The lowest BCUT2D eigenvalue weighted by Crippen LogP contribution is -2.24. The van der Waals surface area contributed by atoms with E-state index < -0.39 is 5.97 Å². The minimum atomic E-state index is -0.543. The molecule has 0 bridgehead atoms. The summed E-state index contributed by atoms with van der Waals surface area (Å²) < 4.78 is 6.38. The molecule has 0 spiro atoms. The zero-order valence-electron chi connectivity index (χ0n) is 14.3. The molecule has 0 aliphatic carbocycles. The molecule has 0 atom stereocenters. The summed E-state index contributed by atoms with van der Waals surface area (Å²) in [5.41, 5.74) is 2.65. The number of carbonyl (C=O) groups excluding carboxylic acids is 1. The predicted molar refractivity (Wildman–Crippen MR) is 99.1 cm³/mol. The average Bonchev–Trinajstić information content (AvgIpc) is 3.01. The monoisotopic (exact) mass is 366 g/mol. The van der Waals surface area contributed by atoms with Gasteiger partial charge >= 0.3 is 5.97 Å². The lowest BCUT2D eigenvalue weighted by molar-refractivity contribution is 0.0600. The van der Waals surface area contributed by atoms with Gasteiger partial charge in [0.15, 0.2) is 0 Å². The first-order valence-corrected chi connectivity index (χ1v) is 8.67. The number of fused-ring (bicyclic) bond motifs is 3. The van der Waals surface area contributed by atoms with Gasteiger partial charge in [0.1, 0.15) is 15.0 Å². The molecule has 4 rings (SSSR count). The topological polar surface area (TPSA) is 87.0 Å². The maximum Gasteiger partial charge on any atom is 0.340 e. The Labute approximate surface area is 151 Å². The van der Waals surface area contributed by atoms with Crippen molar-refractivity contribution >= 4 is 37.7 Å². The predicted octanol–water partition coefficient (Wildman–Crippen LogP) is 2.79. The van der Waals surface area contributed by atoms with Gasteiger partial charge in [-0.25, -0.2) is 9.78 Å². The summed E-state index contributed by atoms with van der Waals surface area (Å²) in [6.45, 7) is 3.87. The van der Waals surface area contributed by atoms with Crippen LogP contribution in [-0.4, -0.2) is 33.1 Å². The summed E-state index contributed by atoms with van der Waals surface area (Å²) in [7, 11) is 1.29. The SMILES string of the molecule is COC(=O)c1ccccc1-n1nnc2c(sc3nc(C)cc(C)c32)c1=O. The summed E-state index contributed by atoms with van der Waals surface area (Å²) in [5, 5.41) is 9.16. The van der Waals surface area contributed by atoms with E-state index in [1.807, 2.05) is 19.9 Å². The lowest BCUT2D eigenvalue weighted by atomic mass is 10.1. The van der Waals surface area contributed by atoms with Gasteiger partial charge < -0.3 is 4.74 Å². The Kier molecular flexibility index (Phi) is 3.77. The van der Waals surface area contributed by atoms with E-state index in [1.54, 1.807) is 24.3 Å². The number of aryl methyl sites for hydroxylation is 2. The molecule has 130 valence electrons. The van der Waals surface area contributed by atoms with Crippen molar-refractivity contribution < 1.29 is 9.53 Å². The highest BCUT2D eigenvalue weighted by Crippen LogP contribution is 2.31. The quantitative estimate of drug-likeness (QED) is 0.507. The summed E-state index contributed by atoms with van der Waals surface area (Å²) in [5.74, 6) is -0.543. The largest absolute Gasteiger partial charge is 0.465 e.